The number of halogens is 3. The molecule has 0 aliphatic carbocycles. The van der Waals surface area contributed by atoms with Gasteiger partial charge in [-0.2, -0.15) is 18.3 Å². The zero-order valence-electron chi connectivity index (χ0n) is 15.2. The molecule has 0 radical (unpaired) electrons. The number of carbonyl (C=O) groups excluding carboxylic acids is 1. The van der Waals surface area contributed by atoms with Gasteiger partial charge < -0.3 is 5.32 Å². The Hall–Kier alpha value is -2.36. The molecule has 1 heterocycles. The number of hydrogen-bond donors (Lipinski definition) is 1. The van der Waals surface area contributed by atoms with E-state index in [1.165, 1.54) is 38.1 Å². The third-order valence-electron chi connectivity index (χ3n) is 3.95. The molecule has 1 unspecified atom stereocenters. The molecule has 2 rings (SSSR count). The summed E-state index contributed by atoms with van der Waals surface area (Å²) in [4.78, 5) is 12.5. The molecule has 1 N–H and O–H groups in total. The third-order valence-corrected chi connectivity index (χ3v) is 5.08. The molecule has 1 aromatic heterocycles. The number of rotatable bonds is 5. The van der Waals surface area contributed by atoms with Gasteiger partial charge >= 0.3 is 6.18 Å². The highest BCUT2D eigenvalue weighted by molar-refractivity contribution is 7.90. The Bertz CT molecular complexity index is 933. The maximum Gasteiger partial charge on any atom is 0.433 e. The maximum absolute atomic E-state index is 13.4. The minimum absolute atomic E-state index is 0.113. The first kappa shape index (κ1) is 20.9. The standard InChI is InChI=1S/C17H20F3N3O3S/c1-10(2)23-15(17(18,19)20)14(9-21-23)16(24)22-11(3)12-5-7-13(8-6-12)27(4,25)26/h5-11H,1-4H3,(H,22,24). The van der Waals surface area contributed by atoms with E-state index in [-0.39, 0.29) is 4.90 Å². The molecular weight excluding hydrogens is 383 g/mol. The molecule has 6 nitrogen and oxygen atoms in total. The molecule has 0 saturated carbocycles. The van der Waals surface area contributed by atoms with Crippen LogP contribution in [0.25, 0.3) is 0 Å². The smallest absolute Gasteiger partial charge is 0.345 e. The molecule has 1 aromatic carbocycles. The zero-order chi connectivity index (χ0) is 20.6. The first-order valence-corrected chi connectivity index (χ1v) is 9.97. The average molecular weight is 403 g/mol. The lowest BCUT2D eigenvalue weighted by Gasteiger charge is -2.17. The van der Waals surface area contributed by atoms with Crippen LogP contribution in [0.3, 0.4) is 0 Å². The molecule has 2 aromatic rings. The lowest BCUT2D eigenvalue weighted by Crippen LogP contribution is -2.29. The number of alkyl halides is 3. The summed E-state index contributed by atoms with van der Waals surface area (Å²) in [6.07, 6.45) is -2.76. The van der Waals surface area contributed by atoms with E-state index in [4.69, 9.17) is 0 Å². The quantitative estimate of drug-likeness (QED) is 0.830. The van der Waals surface area contributed by atoms with Crippen molar-refractivity contribution < 1.29 is 26.4 Å². The van der Waals surface area contributed by atoms with E-state index in [0.29, 0.717) is 5.56 Å². The molecule has 0 aliphatic rings. The van der Waals surface area contributed by atoms with Gasteiger partial charge in [0.25, 0.3) is 5.91 Å². The van der Waals surface area contributed by atoms with Crippen LogP contribution in [0.4, 0.5) is 13.2 Å². The number of sulfone groups is 1. The van der Waals surface area contributed by atoms with Crippen molar-refractivity contribution in [1.29, 1.82) is 0 Å². The third kappa shape index (κ3) is 4.68. The van der Waals surface area contributed by atoms with E-state index in [2.05, 4.69) is 10.4 Å². The van der Waals surface area contributed by atoms with Gasteiger partial charge in [0.05, 0.1) is 22.7 Å². The van der Waals surface area contributed by atoms with E-state index in [0.717, 1.165) is 17.1 Å². The summed E-state index contributed by atoms with van der Waals surface area (Å²) < 4.78 is 63.9. The summed E-state index contributed by atoms with van der Waals surface area (Å²) in [5, 5.41) is 6.18. The Balaban J connectivity index is 2.27. The molecule has 1 atom stereocenters. The number of aromatic nitrogens is 2. The first-order valence-electron chi connectivity index (χ1n) is 8.08. The number of nitrogens with one attached hydrogen (secondary N) is 1. The van der Waals surface area contributed by atoms with Crippen molar-refractivity contribution in [3.05, 3.63) is 47.3 Å². The number of carbonyl (C=O) groups is 1. The largest absolute Gasteiger partial charge is 0.433 e. The SMILES string of the molecule is CC(NC(=O)c1cnn(C(C)C)c1C(F)(F)F)c1ccc(S(C)(=O)=O)cc1. The van der Waals surface area contributed by atoms with Crippen LogP contribution in [0.15, 0.2) is 35.4 Å². The summed E-state index contributed by atoms with van der Waals surface area (Å²) in [7, 11) is -3.36. The van der Waals surface area contributed by atoms with Gasteiger partial charge in [-0.25, -0.2) is 8.42 Å². The fourth-order valence-electron chi connectivity index (χ4n) is 2.56. The van der Waals surface area contributed by atoms with E-state index < -0.39 is 45.3 Å². The molecule has 0 saturated heterocycles. The minimum Gasteiger partial charge on any atom is -0.345 e. The van der Waals surface area contributed by atoms with Crippen molar-refractivity contribution in [2.75, 3.05) is 6.26 Å². The van der Waals surface area contributed by atoms with Crippen LogP contribution in [-0.2, 0) is 16.0 Å². The van der Waals surface area contributed by atoms with Crippen molar-refractivity contribution in [2.45, 2.75) is 43.9 Å². The Kier molecular flexibility index (Phi) is 5.69. The minimum atomic E-state index is -4.73. The predicted octanol–water partition coefficient (Wildman–Crippen LogP) is 3.38. The molecule has 0 spiro atoms. The number of nitrogens with zero attached hydrogens (tertiary/aromatic N) is 2. The topological polar surface area (TPSA) is 81.1 Å². The number of hydrogen-bond acceptors (Lipinski definition) is 4. The highest BCUT2D eigenvalue weighted by atomic mass is 32.2. The summed E-state index contributed by atoms with van der Waals surface area (Å²) in [6.45, 7) is 4.67. The fraction of sp³-hybridized carbons (Fsp3) is 0.412. The van der Waals surface area contributed by atoms with E-state index >= 15 is 0 Å². The summed E-state index contributed by atoms with van der Waals surface area (Å²) in [6, 6.07) is 4.57. The van der Waals surface area contributed by atoms with Gasteiger partial charge in [0.15, 0.2) is 15.5 Å². The van der Waals surface area contributed by atoms with Crippen LogP contribution in [0.5, 0.6) is 0 Å². The van der Waals surface area contributed by atoms with Crippen molar-refractivity contribution in [3.8, 4) is 0 Å². The number of amides is 1. The maximum atomic E-state index is 13.4. The monoisotopic (exact) mass is 403 g/mol. The van der Waals surface area contributed by atoms with Gasteiger partial charge in [-0.05, 0) is 38.5 Å². The van der Waals surface area contributed by atoms with Crippen molar-refractivity contribution in [1.82, 2.24) is 15.1 Å². The zero-order valence-corrected chi connectivity index (χ0v) is 16.0. The van der Waals surface area contributed by atoms with Crippen LogP contribution in [0.2, 0.25) is 0 Å². The van der Waals surface area contributed by atoms with E-state index in [9.17, 15) is 26.4 Å². The lowest BCUT2D eigenvalue weighted by molar-refractivity contribution is -0.145. The van der Waals surface area contributed by atoms with Crippen molar-refractivity contribution in [3.63, 3.8) is 0 Å². The van der Waals surface area contributed by atoms with Gasteiger partial charge in [-0.15, -0.1) is 0 Å². The Morgan fingerprint density at radius 2 is 1.70 bits per heavy atom. The van der Waals surface area contributed by atoms with Crippen LogP contribution in [-0.4, -0.2) is 30.4 Å². The second kappa shape index (κ2) is 7.34. The lowest BCUT2D eigenvalue weighted by atomic mass is 10.1. The molecule has 148 valence electrons. The molecule has 10 heteroatoms. The molecule has 0 bridgehead atoms. The van der Waals surface area contributed by atoms with Gasteiger partial charge in [-0.1, -0.05) is 12.1 Å². The average Bonchev–Trinajstić information content (AvgIpc) is 2.99. The van der Waals surface area contributed by atoms with Crippen LogP contribution in [0, 0.1) is 0 Å². The van der Waals surface area contributed by atoms with Gasteiger partial charge in [0.1, 0.15) is 0 Å². The Morgan fingerprint density at radius 3 is 2.15 bits per heavy atom. The normalized spacial score (nSPS) is 13.6. The first-order chi connectivity index (χ1) is 12.3. The highest BCUT2D eigenvalue weighted by Crippen LogP contribution is 2.33. The Labute approximate surface area is 155 Å². The summed E-state index contributed by atoms with van der Waals surface area (Å²) in [5.74, 6) is -0.908. The molecule has 1 amide bonds. The number of benzene rings is 1. The Morgan fingerprint density at radius 1 is 1.15 bits per heavy atom. The molecule has 27 heavy (non-hydrogen) atoms. The second-order valence-corrected chi connectivity index (χ2v) is 8.50. The van der Waals surface area contributed by atoms with E-state index in [1.54, 1.807) is 6.92 Å². The van der Waals surface area contributed by atoms with Crippen molar-refractivity contribution in [2.24, 2.45) is 0 Å². The van der Waals surface area contributed by atoms with Crippen molar-refractivity contribution >= 4 is 15.7 Å². The van der Waals surface area contributed by atoms with Gasteiger partial charge in [0, 0.05) is 12.3 Å². The van der Waals surface area contributed by atoms with Crippen LogP contribution in [0.1, 0.15) is 54.5 Å². The second-order valence-electron chi connectivity index (χ2n) is 6.48. The fourth-order valence-corrected chi connectivity index (χ4v) is 3.19. The molecular formula is C17H20F3N3O3S. The summed E-state index contributed by atoms with van der Waals surface area (Å²) >= 11 is 0. The predicted molar refractivity (Wildman–Crippen MR) is 93.0 cm³/mol. The van der Waals surface area contributed by atoms with Gasteiger partial charge in [-0.3, -0.25) is 9.48 Å². The highest BCUT2D eigenvalue weighted by Gasteiger charge is 2.40. The molecule has 0 aliphatic heterocycles. The molecule has 0 fully saturated rings. The van der Waals surface area contributed by atoms with E-state index in [1.807, 2.05) is 0 Å². The van der Waals surface area contributed by atoms with Crippen LogP contribution >= 0.6 is 0 Å². The van der Waals surface area contributed by atoms with Crippen LogP contribution < -0.4 is 5.32 Å². The summed E-state index contributed by atoms with van der Waals surface area (Å²) in [5.41, 5.74) is -1.11. The van der Waals surface area contributed by atoms with Gasteiger partial charge in [0.2, 0.25) is 0 Å².